The zero-order valence-electron chi connectivity index (χ0n) is 23.6. The van der Waals surface area contributed by atoms with Crippen LogP contribution < -0.4 is 4.74 Å². The van der Waals surface area contributed by atoms with Crippen LogP contribution in [0.1, 0.15) is 72.8 Å². The van der Waals surface area contributed by atoms with Gasteiger partial charge in [-0.2, -0.15) is 0 Å². The van der Waals surface area contributed by atoms with Crippen molar-refractivity contribution >= 4 is 35.5 Å². The second-order valence-electron chi connectivity index (χ2n) is 11.0. The van der Waals surface area contributed by atoms with Crippen molar-refractivity contribution in [2.45, 2.75) is 104 Å². The topological polar surface area (TPSA) is 144 Å². The summed E-state index contributed by atoms with van der Waals surface area (Å²) in [7, 11) is 0. The molecule has 1 aliphatic heterocycles. The van der Waals surface area contributed by atoms with Gasteiger partial charge in [-0.05, 0) is 43.2 Å². The van der Waals surface area contributed by atoms with Gasteiger partial charge in [0.05, 0.1) is 11.1 Å². The highest BCUT2D eigenvalue weighted by Gasteiger charge is 2.60. The second-order valence-corrected chi connectivity index (χ2v) is 11.4. The van der Waals surface area contributed by atoms with Gasteiger partial charge in [0.2, 0.25) is 11.9 Å². The Hall–Kier alpha value is -2.89. The monoisotopic (exact) mass is 584 g/mol. The molecule has 0 aromatic heterocycles. The number of esters is 4. The molecule has 1 aromatic carbocycles. The molecule has 0 spiro atoms. The van der Waals surface area contributed by atoms with Crippen molar-refractivity contribution < 1.29 is 52.7 Å². The third kappa shape index (κ3) is 7.86. The average molecular weight is 585 g/mol. The van der Waals surface area contributed by atoms with E-state index in [0.29, 0.717) is 0 Å². The molecule has 1 aromatic rings. The molecule has 2 aliphatic rings. The Morgan fingerprint density at radius 2 is 1.50 bits per heavy atom. The first-order chi connectivity index (χ1) is 18.6. The quantitative estimate of drug-likeness (QED) is 0.353. The van der Waals surface area contributed by atoms with Crippen molar-refractivity contribution in [1.82, 2.24) is 0 Å². The molecule has 5 atom stereocenters. The van der Waals surface area contributed by atoms with Gasteiger partial charge in [-0.1, -0.05) is 31.5 Å². The predicted molar refractivity (Wildman–Crippen MR) is 140 cm³/mol. The average Bonchev–Trinajstić information content (AvgIpc) is 2.83. The Labute approximate surface area is 238 Å². The molecule has 1 aliphatic carbocycles. The maximum absolute atomic E-state index is 12.2. The van der Waals surface area contributed by atoms with Crippen LogP contribution >= 0.6 is 11.6 Å². The van der Waals surface area contributed by atoms with E-state index >= 15 is 0 Å². The Balaban J connectivity index is 2.06. The lowest BCUT2D eigenvalue weighted by atomic mass is 9.76. The van der Waals surface area contributed by atoms with Crippen molar-refractivity contribution in [3.05, 3.63) is 28.8 Å². The molecule has 1 saturated heterocycles. The number of carbonyl (C=O) groups excluding carboxylic acids is 4. The molecule has 12 heteroatoms. The molecule has 1 N–H and O–H groups in total. The van der Waals surface area contributed by atoms with Crippen molar-refractivity contribution in [3.63, 3.8) is 0 Å². The second kappa shape index (κ2) is 12.7. The van der Waals surface area contributed by atoms with Gasteiger partial charge in [0, 0.05) is 33.3 Å². The molecule has 0 amide bonds. The molecule has 40 heavy (non-hydrogen) atoms. The fourth-order valence-electron chi connectivity index (χ4n) is 5.00. The Morgan fingerprint density at radius 3 is 2.05 bits per heavy atom. The number of carbonyl (C=O) groups is 4. The van der Waals surface area contributed by atoms with E-state index in [0.717, 1.165) is 53.4 Å². The van der Waals surface area contributed by atoms with E-state index < -0.39 is 60.7 Å². The van der Waals surface area contributed by atoms with Crippen molar-refractivity contribution in [2.24, 2.45) is 5.41 Å². The lowest BCUT2D eigenvalue weighted by Gasteiger charge is -2.48. The number of hydrogen-bond donors (Lipinski definition) is 1. The van der Waals surface area contributed by atoms with Gasteiger partial charge in [-0.25, -0.2) is 0 Å². The highest BCUT2D eigenvalue weighted by molar-refractivity contribution is 6.32. The largest absolute Gasteiger partial charge is 0.489 e. The van der Waals surface area contributed by atoms with E-state index in [2.05, 4.69) is 13.8 Å². The van der Waals surface area contributed by atoms with Crippen LogP contribution in [0.25, 0.3) is 0 Å². The SMILES string of the molecule is CC(=O)OC[C@H]1O[C@](O)(c2ccc(Cl)c(OC3CCC(C)(C)CC3)c2)[C@H](OC(C)=O)[C@@H](OC(C)=O)[C@@H]1OC(C)=O. The molecule has 1 saturated carbocycles. The third-order valence-electron chi connectivity index (χ3n) is 6.98. The standard InChI is InChI=1S/C28H37ClO11/c1-15(30)35-14-23-24(36-16(2)31)25(37-17(3)32)26(38-18(4)33)28(34,40-23)19-7-8-21(29)22(13-19)39-20-9-11-27(5,6)12-10-20/h7-8,13,20,23-26,34H,9-12,14H2,1-6H3/t23-,24-,25+,26-,28-/m1/s1. The summed E-state index contributed by atoms with van der Waals surface area (Å²) in [4.78, 5) is 47.8. The summed E-state index contributed by atoms with van der Waals surface area (Å²) < 4.78 is 33.5. The maximum Gasteiger partial charge on any atom is 0.303 e. The van der Waals surface area contributed by atoms with Gasteiger partial charge >= 0.3 is 23.9 Å². The van der Waals surface area contributed by atoms with E-state index in [1.54, 1.807) is 0 Å². The molecular formula is C28H37ClO11. The lowest BCUT2D eigenvalue weighted by Crippen LogP contribution is -2.66. The van der Waals surface area contributed by atoms with Crippen molar-refractivity contribution in [1.29, 1.82) is 0 Å². The summed E-state index contributed by atoms with van der Waals surface area (Å²) in [6, 6.07) is 4.39. The molecule has 3 rings (SSSR count). The molecule has 0 bridgehead atoms. The Bertz CT molecular complexity index is 1110. The minimum Gasteiger partial charge on any atom is -0.489 e. The molecule has 222 valence electrons. The summed E-state index contributed by atoms with van der Waals surface area (Å²) in [5.41, 5.74) is 0.273. The van der Waals surface area contributed by atoms with E-state index in [9.17, 15) is 24.3 Å². The van der Waals surface area contributed by atoms with Gasteiger partial charge < -0.3 is 33.5 Å². The van der Waals surface area contributed by atoms with Crippen LogP contribution in [-0.4, -0.2) is 66.1 Å². The summed E-state index contributed by atoms with van der Waals surface area (Å²) in [5.74, 6) is -5.29. The highest BCUT2D eigenvalue weighted by Crippen LogP contribution is 2.44. The van der Waals surface area contributed by atoms with Gasteiger partial charge in [0.1, 0.15) is 18.5 Å². The first-order valence-electron chi connectivity index (χ1n) is 13.1. The Morgan fingerprint density at radius 1 is 0.925 bits per heavy atom. The van der Waals surface area contributed by atoms with Crippen LogP contribution in [0.5, 0.6) is 5.75 Å². The summed E-state index contributed by atoms with van der Waals surface area (Å²) >= 11 is 6.45. The normalized spacial score (nSPS) is 28.2. The minimum absolute atomic E-state index is 0.0561. The molecule has 1 heterocycles. The number of halogens is 1. The van der Waals surface area contributed by atoms with Crippen LogP contribution in [0.15, 0.2) is 18.2 Å². The minimum atomic E-state index is -2.47. The summed E-state index contributed by atoms with van der Waals surface area (Å²) in [5, 5.41) is 12.3. The number of ether oxygens (including phenoxy) is 6. The van der Waals surface area contributed by atoms with Crippen LogP contribution in [0.2, 0.25) is 5.02 Å². The van der Waals surface area contributed by atoms with Gasteiger partial charge in [-0.15, -0.1) is 0 Å². The zero-order valence-corrected chi connectivity index (χ0v) is 24.3. The highest BCUT2D eigenvalue weighted by atomic mass is 35.5. The first-order valence-corrected chi connectivity index (χ1v) is 13.5. The number of hydrogen-bond acceptors (Lipinski definition) is 11. The molecule has 0 unspecified atom stereocenters. The smallest absolute Gasteiger partial charge is 0.303 e. The molecule has 0 radical (unpaired) electrons. The van der Waals surface area contributed by atoms with Crippen molar-refractivity contribution in [2.75, 3.05) is 6.61 Å². The maximum atomic E-state index is 12.2. The number of benzene rings is 1. The Kier molecular flexibility index (Phi) is 10.1. The van der Waals surface area contributed by atoms with Crippen LogP contribution in [-0.2, 0) is 48.6 Å². The third-order valence-corrected chi connectivity index (χ3v) is 7.29. The van der Waals surface area contributed by atoms with Crippen molar-refractivity contribution in [3.8, 4) is 5.75 Å². The van der Waals surface area contributed by atoms with Crippen LogP contribution in [0.4, 0.5) is 0 Å². The summed E-state index contributed by atoms with van der Waals surface area (Å²) in [6.07, 6.45) is -2.51. The number of aliphatic hydroxyl groups is 1. The molecule has 11 nitrogen and oxygen atoms in total. The van der Waals surface area contributed by atoms with E-state index in [-0.39, 0.29) is 27.9 Å². The van der Waals surface area contributed by atoms with E-state index in [1.807, 2.05) is 0 Å². The first kappa shape index (κ1) is 31.6. The molecule has 2 fully saturated rings. The fourth-order valence-corrected chi connectivity index (χ4v) is 5.16. The zero-order chi connectivity index (χ0) is 29.8. The van der Waals surface area contributed by atoms with Crippen LogP contribution in [0, 0.1) is 5.41 Å². The summed E-state index contributed by atoms with van der Waals surface area (Å²) in [6.45, 7) is 8.41. The lowest BCUT2D eigenvalue weighted by molar-refractivity contribution is -0.360. The van der Waals surface area contributed by atoms with Gasteiger partial charge in [0.25, 0.3) is 0 Å². The van der Waals surface area contributed by atoms with Gasteiger partial charge in [-0.3, -0.25) is 19.2 Å². The van der Waals surface area contributed by atoms with Gasteiger partial charge in [0.15, 0.2) is 12.2 Å². The molecular weight excluding hydrogens is 548 g/mol. The van der Waals surface area contributed by atoms with E-state index in [1.165, 1.54) is 18.2 Å². The predicted octanol–water partition coefficient (Wildman–Crippen LogP) is 3.59. The number of rotatable bonds is 8. The fraction of sp³-hybridized carbons (Fsp3) is 0.643. The van der Waals surface area contributed by atoms with Crippen LogP contribution in [0.3, 0.4) is 0 Å². The van der Waals surface area contributed by atoms with E-state index in [4.69, 9.17) is 40.0 Å².